The zero-order valence-electron chi connectivity index (χ0n) is 14.4. The summed E-state index contributed by atoms with van der Waals surface area (Å²) in [6.07, 6.45) is 1.71. The number of nitrogens with one attached hydrogen (secondary N) is 2. The Morgan fingerprint density at radius 2 is 1.92 bits per heavy atom. The zero-order chi connectivity index (χ0) is 18.7. The Morgan fingerprint density at radius 1 is 1.23 bits per heavy atom. The van der Waals surface area contributed by atoms with Gasteiger partial charge in [0.15, 0.2) is 11.5 Å². The number of benzene rings is 1. The van der Waals surface area contributed by atoms with Crippen LogP contribution in [0.5, 0.6) is 11.5 Å². The van der Waals surface area contributed by atoms with Gasteiger partial charge in [-0.15, -0.1) is 0 Å². The van der Waals surface area contributed by atoms with Crippen LogP contribution in [0.2, 0.25) is 0 Å². The normalized spacial score (nSPS) is 16.7. The van der Waals surface area contributed by atoms with Crippen LogP contribution < -0.4 is 20.1 Å². The highest BCUT2D eigenvalue weighted by Crippen LogP contribution is 2.32. The molecule has 140 valence electrons. The van der Waals surface area contributed by atoms with Crippen LogP contribution in [0.4, 0.5) is 10.5 Å². The van der Waals surface area contributed by atoms with E-state index in [0.29, 0.717) is 30.4 Å². The van der Waals surface area contributed by atoms with Crippen LogP contribution in [0.3, 0.4) is 0 Å². The number of carbonyl (C=O) groups excluding carboxylic acids is 2. The van der Waals surface area contributed by atoms with Gasteiger partial charge >= 0.3 is 12.0 Å². The van der Waals surface area contributed by atoms with Gasteiger partial charge in [0, 0.05) is 17.8 Å². The van der Waals surface area contributed by atoms with Gasteiger partial charge < -0.3 is 19.9 Å². The maximum atomic E-state index is 12.1. The Hall–Kier alpha value is -2.81. The summed E-state index contributed by atoms with van der Waals surface area (Å²) < 4.78 is 10.8. The molecule has 0 radical (unpaired) electrons. The highest BCUT2D eigenvalue weighted by atomic mass is 16.6. The third-order valence-corrected chi connectivity index (χ3v) is 4.25. The molecule has 0 bridgehead atoms. The number of carboxylic acids is 1. The van der Waals surface area contributed by atoms with Crippen molar-refractivity contribution in [3.63, 3.8) is 0 Å². The fraction of sp³-hybridized carbons (Fsp3) is 0.471. The molecule has 1 aliphatic carbocycles. The number of amides is 3. The summed E-state index contributed by atoms with van der Waals surface area (Å²) in [5, 5.41) is 13.9. The number of hydrogen-bond acceptors (Lipinski definition) is 6. The maximum Gasteiger partial charge on any atom is 0.325 e. The van der Waals surface area contributed by atoms with Crippen molar-refractivity contribution in [3.8, 4) is 11.5 Å². The molecule has 1 unspecified atom stereocenters. The van der Waals surface area contributed by atoms with Crippen LogP contribution >= 0.6 is 0 Å². The Balaban J connectivity index is 1.54. The van der Waals surface area contributed by atoms with Crippen LogP contribution in [0.1, 0.15) is 19.8 Å². The lowest BCUT2D eigenvalue weighted by Crippen LogP contribution is -2.48. The molecule has 9 nitrogen and oxygen atoms in total. The molecule has 1 atom stereocenters. The van der Waals surface area contributed by atoms with Crippen LogP contribution in [0.15, 0.2) is 18.2 Å². The highest BCUT2D eigenvalue weighted by molar-refractivity contribution is 6.02. The topological polar surface area (TPSA) is 117 Å². The smallest absolute Gasteiger partial charge is 0.325 e. The Labute approximate surface area is 150 Å². The number of aliphatic carboxylic acids is 1. The standard InChI is InChI=1S/C17H21N3O6/c1-10(16(22)23)20(12-3-4-12)9-15(21)19-17(24)18-11-2-5-13-14(8-11)26-7-6-25-13/h2,5,8,10,12H,3-4,6-7,9H2,1H3,(H,22,23)(H2,18,19,21,24). The van der Waals surface area contributed by atoms with E-state index in [4.69, 9.17) is 14.6 Å². The van der Waals surface area contributed by atoms with Crippen molar-refractivity contribution in [3.05, 3.63) is 18.2 Å². The molecule has 2 aliphatic rings. The Morgan fingerprint density at radius 3 is 2.58 bits per heavy atom. The van der Waals surface area contributed by atoms with Crippen LogP contribution in [0.25, 0.3) is 0 Å². The van der Waals surface area contributed by atoms with Crippen LogP contribution in [-0.4, -0.2) is 59.8 Å². The molecule has 1 saturated carbocycles. The molecular formula is C17H21N3O6. The lowest BCUT2D eigenvalue weighted by molar-refractivity contribution is -0.143. The summed E-state index contributed by atoms with van der Waals surface area (Å²) in [6, 6.07) is 3.53. The molecule has 1 aromatic rings. The predicted molar refractivity (Wildman–Crippen MR) is 91.4 cm³/mol. The number of imide groups is 1. The summed E-state index contributed by atoms with van der Waals surface area (Å²) in [6.45, 7) is 2.29. The van der Waals surface area contributed by atoms with Crippen LogP contribution in [-0.2, 0) is 9.59 Å². The SMILES string of the molecule is CC(C(=O)O)N(CC(=O)NC(=O)Nc1ccc2c(c1)OCCO2)C1CC1. The minimum Gasteiger partial charge on any atom is -0.486 e. The molecule has 1 aliphatic heterocycles. The third kappa shape index (κ3) is 4.42. The van der Waals surface area contributed by atoms with Gasteiger partial charge in [-0.05, 0) is 31.9 Å². The van der Waals surface area contributed by atoms with Gasteiger partial charge in [-0.25, -0.2) is 4.79 Å². The number of hydrogen-bond donors (Lipinski definition) is 3. The van der Waals surface area contributed by atoms with E-state index in [1.54, 1.807) is 23.1 Å². The van der Waals surface area contributed by atoms with Crippen molar-refractivity contribution in [1.29, 1.82) is 0 Å². The average molecular weight is 363 g/mol. The van der Waals surface area contributed by atoms with Crippen molar-refractivity contribution in [2.75, 3.05) is 25.1 Å². The largest absolute Gasteiger partial charge is 0.486 e. The highest BCUT2D eigenvalue weighted by Gasteiger charge is 2.36. The van der Waals surface area contributed by atoms with Crippen LogP contribution in [0, 0.1) is 0 Å². The number of carbonyl (C=O) groups is 3. The van der Waals surface area contributed by atoms with E-state index in [2.05, 4.69) is 10.6 Å². The first kappa shape index (κ1) is 18.0. The van der Waals surface area contributed by atoms with Gasteiger partial charge in [0.05, 0.1) is 6.54 Å². The fourth-order valence-corrected chi connectivity index (χ4v) is 2.75. The molecule has 0 spiro atoms. The van der Waals surface area contributed by atoms with Gasteiger partial charge in [-0.1, -0.05) is 0 Å². The number of ether oxygens (including phenoxy) is 2. The Bertz CT molecular complexity index is 718. The number of rotatable bonds is 6. The summed E-state index contributed by atoms with van der Waals surface area (Å²) >= 11 is 0. The molecule has 3 rings (SSSR count). The number of carboxylic acid groups (broad SMARTS) is 1. The predicted octanol–water partition coefficient (Wildman–Crippen LogP) is 1.04. The summed E-state index contributed by atoms with van der Waals surface area (Å²) in [5.74, 6) is -0.429. The van der Waals surface area contributed by atoms with Crippen molar-refractivity contribution in [2.24, 2.45) is 0 Å². The molecule has 0 saturated heterocycles. The summed E-state index contributed by atoms with van der Waals surface area (Å²) in [7, 11) is 0. The van der Waals surface area contributed by atoms with Crippen molar-refractivity contribution >= 4 is 23.6 Å². The van der Waals surface area contributed by atoms with Gasteiger partial charge in [0.25, 0.3) is 0 Å². The second-order valence-corrected chi connectivity index (χ2v) is 6.28. The second kappa shape index (κ2) is 7.61. The van der Waals surface area contributed by atoms with Crippen molar-refractivity contribution < 1.29 is 29.0 Å². The molecule has 3 N–H and O–H groups in total. The summed E-state index contributed by atoms with van der Waals surface area (Å²) in [4.78, 5) is 36.9. The lowest BCUT2D eigenvalue weighted by atomic mass is 10.2. The first-order chi connectivity index (χ1) is 12.4. The van der Waals surface area contributed by atoms with Gasteiger partial charge in [0.1, 0.15) is 19.3 Å². The molecule has 1 heterocycles. The number of fused-ring (bicyclic) bond motifs is 1. The molecular weight excluding hydrogens is 342 g/mol. The van der Waals surface area contributed by atoms with Crippen molar-refractivity contribution in [1.82, 2.24) is 10.2 Å². The zero-order valence-corrected chi connectivity index (χ0v) is 14.4. The molecule has 9 heteroatoms. The minimum atomic E-state index is -0.995. The van der Waals surface area contributed by atoms with E-state index in [9.17, 15) is 14.4 Å². The molecule has 3 amide bonds. The molecule has 1 aromatic carbocycles. The van der Waals surface area contributed by atoms with E-state index < -0.39 is 23.9 Å². The molecule has 26 heavy (non-hydrogen) atoms. The quantitative estimate of drug-likeness (QED) is 0.691. The van der Waals surface area contributed by atoms with Crippen molar-refractivity contribution in [2.45, 2.75) is 31.8 Å². The van der Waals surface area contributed by atoms with Gasteiger partial charge in [-0.3, -0.25) is 19.8 Å². The first-order valence-electron chi connectivity index (χ1n) is 8.43. The number of anilines is 1. The fourth-order valence-electron chi connectivity index (χ4n) is 2.75. The monoisotopic (exact) mass is 363 g/mol. The van der Waals surface area contributed by atoms with E-state index >= 15 is 0 Å². The summed E-state index contributed by atoms with van der Waals surface area (Å²) in [5.41, 5.74) is 0.456. The van der Waals surface area contributed by atoms with Gasteiger partial charge in [-0.2, -0.15) is 0 Å². The minimum absolute atomic E-state index is 0.0766. The maximum absolute atomic E-state index is 12.1. The average Bonchev–Trinajstić information content (AvgIpc) is 3.43. The molecule has 1 fully saturated rings. The third-order valence-electron chi connectivity index (χ3n) is 4.25. The van der Waals surface area contributed by atoms with E-state index in [0.717, 1.165) is 12.8 Å². The molecule has 0 aromatic heterocycles. The van der Waals surface area contributed by atoms with E-state index in [1.165, 1.54) is 6.92 Å². The first-order valence-corrected chi connectivity index (χ1v) is 8.43. The number of urea groups is 1. The van der Waals surface area contributed by atoms with Gasteiger partial charge in [0.2, 0.25) is 5.91 Å². The van der Waals surface area contributed by atoms with E-state index in [1.807, 2.05) is 0 Å². The van der Waals surface area contributed by atoms with E-state index in [-0.39, 0.29) is 12.6 Å². The second-order valence-electron chi connectivity index (χ2n) is 6.28. The Kier molecular flexibility index (Phi) is 5.27. The number of nitrogens with zero attached hydrogens (tertiary/aromatic N) is 1. The lowest BCUT2D eigenvalue weighted by Gasteiger charge is -2.25.